The molecule has 0 spiro atoms. The van der Waals surface area contributed by atoms with Gasteiger partial charge in [-0.2, -0.15) is 6.07 Å². The van der Waals surface area contributed by atoms with Crippen LogP contribution in [0.3, 0.4) is 0 Å². The molecule has 0 unspecified atom stereocenters. The van der Waals surface area contributed by atoms with E-state index in [0.29, 0.717) is 0 Å². The van der Waals surface area contributed by atoms with Crippen LogP contribution >= 0.6 is 0 Å². The van der Waals surface area contributed by atoms with Gasteiger partial charge in [-0.1, -0.05) is 71.6 Å². The van der Waals surface area contributed by atoms with Crippen molar-refractivity contribution in [3.8, 4) is 0 Å². The van der Waals surface area contributed by atoms with Crippen molar-refractivity contribution >= 4 is 21.5 Å². The van der Waals surface area contributed by atoms with Gasteiger partial charge in [0.25, 0.3) is 0 Å². The summed E-state index contributed by atoms with van der Waals surface area (Å²) in [4.78, 5) is 0. The fourth-order valence-electron chi connectivity index (χ4n) is 2.92. The van der Waals surface area contributed by atoms with Crippen LogP contribution in [-0.2, 0) is 32.3 Å². The van der Waals surface area contributed by atoms with E-state index in [1.54, 1.807) is 0 Å². The maximum Gasteiger partial charge on any atom is 0 e. The topological polar surface area (TPSA) is 0 Å². The summed E-state index contributed by atoms with van der Waals surface area (Å²) in [6.07, 6.45) is 1.00. The maximum absolute atomic E-state index is 2.32. The fourth-order valence-corrected chi connectivity index (χ4v) is 2.92. The minimum Gasteiger partial charge on any atom is -0.358 e. The van der Waals surface area contributed by atoms with Crippen molar-refractivity contribution in [1.29, 1.82) is 0 Å². The van der Waals surface area contributed by atoms with Crippen molar-refractivity contribution in [2.24, 2.45) is 0 Å². The van der Waals surface area contributed by atoms with Crippen LogP contribution in [-0.4, -0.2) is 0 Å². The first-order valence-electron chi connectivity index (χ1n) is 7.01. The minimum atomic E-state index is 0. The van der Waals surface area contributed by atoms with Crippen molar-refractivity contribution in [3.05, 3.63) is 105 Å². The van der Waals surface area contributed by atoms with Crippen molar-refractivity contribution in [1.82, 2.24) is 0 Å². The van der Waals surface area contributed by atoms with Gasteiger partial charge in [-0.25, -0.2) is 0 Å². The van der Waals surface area contributed by atoms with Gasteiger partial charge in [-0.15, -0.1) is 28.5 Å². The van der Waals surface area contributed by atoms with E-state index >= 15 is 0 Å². The monoisotopic (exact) mass is 465 g/mol. The van der Waals surface area contributed by atoms with Crippen LogP contribution in [0.5, 0.6) is 0 Å². The first kappa shape index (κ1) is 19.4. The standard InChI is InChI=1S/C20H15.2CH3.Hf/c1-2-6-15(7-3-1)12-18-10-11-19-13-16-8-4-5-9-17(16)14-20(18)19;;;/h1-11,13-14H,12H2;2*1H3;/q3*-1;. The summed E-state index contributed by atoms with van der Waals surface area (Å²) in [6.45, 7) is 0. The molecule has 116 valence electrons. The van der Waals surface area contributed by atoms with E-state index < -0.39 is 0 Å². The minimum absolute atomic E-state index is 0. The molecule has 0 radical (unpaired) electrons. The number of fused-ring (bicyclic) bond motifs is 2. The van der Waals surface area contributed by atoms with Gasteiger partial charge >= 0.3 is 0 Å². The molecule has 0 aliphatic rings. The molecule has 23 heavy (non-hydrogen) atoms. The zero-order valence-corrected chi connectivity index (χ0v) is 17.3. The van der Waals surface area contributed by atoms with Crippen LogP contribution in [0.2, 0.25) is 0 Å². The summed E-state index contributed by atoms with van der Waals surface area (Å²) in [5.74, 6) is 0. The summed E-state index contributed by atoms with van der Waals surface area (Å²) < 4.78 is 0. The van der Waals surface area contributed by atoms with Gasteiger partial charge in [-0.3, -0.25) is 0 Å². The fraction of sp³-hybridized carbons (Fsp3) is 0.0455. The molecule has 0 saturated carbocycles. The molecule has 0 bridgehead atoms. The molecule has 4 aromatic rings. The van der Waals surface area contributed by atoms with Crippen LogP contribution < -0.4 is 0 Å². The Balaban J connectivity index is 0.000000882. The summed E-state index contributed by atoms with van der Waals surface area (Å²) in [5, 5.41) is 5.36. The van der Waals surface area contributed by atoms with Crippen molar-refractivity contribution in [2.75, 3.05) is 0 Å². The molecule has 0 aliphatic carbocycles. The Morgan fingerprint density at radius 1 is 0.652 bits per heavy atom. The molecular formula is C22H21Hf-3. The van der Waals surface area contributed by atoms with Crippen LogP contribution in [0.15, 0.2) is 78.9 Å². The van der Waals surface area contributed by atoms with Crippen molar-refractivity contribution < 1.29 is 25.8 Å². The second-order valence-electron chi connectivity index (χ2n) is 5.31. The second kappa shape index (κ2) is 8.31. The van der Waals surface area contributed by atoms with Crippen LogP contribution in [0.1, 0.15) is 11.1 Å². The smallest absolute Gasteiger partial charge is 0 e. The Hall–Kier alpha value is -1.60. The molecule has 4 aromatic carbocycles. The van der Waals surface area contributed by atoms with E-state index in [0.717, 1.165) is 6.42 Å². The van der Waals surface area contributed by atoms with E-state index in [4.69, 9.17) is 0 Å². The normalized spacial score (nSPS) is 9.74. The van der Waals surface area contributed by atoms with Crippen molar-refractivity contribution in [2.45, 2.75) is 6.42 Å². The van der Waals surface area contributed by atoms with Gasteiger partial charge in [0.05, 0.1) is 0 Å². The van der Waals surface area contributed by atoms with Gasteiger partial charge in [0, 0.05) is 25.8 Å². The van der Waals surface area contributed by atoms with E-state index in [2.05, 4.69) is 78.9 Å². The average Bonchev–Trinajstić information content (AvgIpc) is 2.88. The predicted molar refractivity (Wildman–Crippen MR) is 99.1 cm³/mol. The largest absolute Gasteiger partial charge is 0.358 e. The van der Waals surface area contributed by atoms with Crippen LogP contribution in [0.25, 0.3) is 21.5 Å². The van der Waals surface area contributed by atoms with E-state index in [1.807, 2.05) is 0 Å². The summed E-state index contributed by atoms with van der Waals surface area (Å²) in [6, 6.07) is 28.4. The zero-order valence-electron chi connectivity index (χ0n) is 13.7. The first-order chi connectivity index (χ1) is 9.90. The molecule has 0 amide bonds. The number of hydrogen-bond donors (Lipinski definition) is 0. The quantitative estimate of drug-likeness (QED) is 0.245. The van der Waals surface area contributed by atoms with Crippen LogP contribution in [0.4, 0.5) is 0 Å². The zero-order chi connectivity index (χ0) is 13.4. The molecule has 0 heterocycles. The third-order valence-electron chi connectivity index (χ3n) is 3.97. The molecule has 0 N–H and O–H groups in total. The Kier molecular flexibility index (Phi) is 7.02. The summed E-state index contributed by atoms with van der Waals surface area (Å²) in [5.41, 5.74) is 2.78. The molecule has 1 heteroatoms. The Labute approximate surface area is 158 Å². The van der Waals surface area contributed by atoms with Gasteiger partial charge in [-0.05, 0) is 11.8 Å². The molecule has 0 fully saturated rings. The number of rotatable bonds is 2. The summed E-state index contributed by atoms with van der Waals surface area (Å²) in [7, 11) is 0. The van der Waals surface area contributed by atoms with Gasteiger partial charge in [0.1, 0.15) is 0 Å². The maximum atomic E-state index is 2.32. The second-order valence-corrected chi connectivity index (χ2v) is 5.31. The predicted octanol–water partition coefficient (Wildman–Crippen LogP) is 6.20. The molecule has 0 atom stereocenters. The number of hydrogen-bond acceptors (Lipinski definition) is 0. The van der Waals surface area contributed by atoms with E-state index in [-0.39, 0.29) is 40.7 Å². The van der Waals surface area contributed by atoms with Gasteiger partial charge in [0.2, 0.25) is 0 Å². The average molecular weight is 464 g/mol. The third kappa shape index (κ3) is 3.84. The first-order valence-corrected chi connectivity index (χ1v) is 7.01. The van der Waals surface area contributed by atoms with Gasteiger partial charge < -0.3 is 14.9 Å². The molecule has 0 nitrogen and oxygen atoms in total. The number of benzene rings is 3. The molecule has 0 saturated heterocycles. The van der Waals surface area contributed by atoms with E-state index in [9.17, 15) is 0 Å². The SMILES string of the molecule is [CH3-].[CH3-].[Hf].c1ccc(C[c-]2ccc3cc4ccccc4cc32)cc1. The Morgan fingerprint density at radius 2 is 1.26 bits per heavy atom. The van der Waals surface area contributed by atoms with Crippen molar-refractivity contribution in [3.63, 3.8) is 0 Å². The van der Waals surface area contributed by atoms with E-state index in [1.165, 1.54) is 32.7 Å². The molecule has 4 rings (SSSR count). The van der Waals surface area contributed by atoms with Crippen LogP contribution in [0, 0.1) is 14.9 Å². The Bertz CT molecular complexity index is 872. The molecule has 0 aliphatic heterocycles. The molecular weight excluding hydrogens is 443 g/mol. The summed E-state index contributed by atoms with van der Waals surface area (Å²) >= 11 is 0. The molecule has 0 aromatic heterocycles. The van der Waals surface area contributed by atoms with Gasteiger partial charge in [0.15, 0.2) is 0 Å². The third-order valence-corrected chi connectivity index (χ3v) is 3.97. The Morgan fingerprint density at radius 3 is 1.96 bits per heavy atom.